The minimum atomic E-state index is -2.83. The Balaban J connectivity index is 1.48. The van der Waals surface area contributed by atoms with Gasteiger partial charge in [-0.25, -0.2) is 13.4 Å². The zero-order chi connectivity index (χ0) is 17.0. The van der Waals surface area contributed by atoms with Crippen LogP contribution in [0.3, 0.4) is 0 Å². The Morgan fingerprint density at radius 2 is 2.33 bits per heavy atom. The van der Waals surface area contributed by atoms with Crippen molar-refractivity contribution in [1.82, 2.24) is 15.2 Å². The number of pyridine rings is 1. The highest BCUT2D eigenvalue weighted by Gasteiger charge is 2.30. The second kappa shape index (κ2) is 7.38. The van der Waals surface area contributed by atoms with Crippen LogP contribution in [0.1, 0.15) is 12.8 Å². The molecule has 132 valence electrons. The van der Waals surface area contributed by atoms with Gasteiger partial charge in [0.15, 0.2) is 15.8 Å². The third kappa shape index (κ3) is 4.37. The van der Waals surface area contributed by atoms with E-state index >= 15 is 0 Å². The maximum Gasteiger partial charge on any atom is 0.213 e. The Labute approximate surface area is 143 Å². The molecule has 3 rings (SSSR count). The minimum absolute atomic E-state index is 0.0882. The molecule has 1 aromatic rings. The summed E-state index contributed by atoms with van der Waals surface area (Å²) in [6.45, 7) is 2.26. The molecule has 0 aromatic carbocycles. The van der Waals surface area contributed by atoms with Crippen LogP contribution in [0.2, 0.25) is 0 Å². The van der Waals surface area contributed by atoms with Gasteiger partial charge in [0.2, 0.25) is 5.88 Å². The Bertz CT molecular complexity index is 678. The Morgan fingerprint density at radius 1 is 1.46 bits per heavy atom. The molecule has 0 saturated carbocycles. The maximum absolute atomic E-state index is 11.5. The molecule has 3 heterocycles. The molecule has 0 bridgehead atoms. The number of aliphatic imine (C=N–C) groups is 1. The molecule has 0 radical (unpaired) electrons. The van der Waals surface area contributed by atoms with Crippen LogP contribution in [0.15, 0.2) is 29.4 Å². The van der Waals surface area contributed by atoms with Crippen LogP contribution < -0.4 is 10.1 Å². The van der Waals surface area contributed by atoms with Crippen LogP contribution in [0.5, 0.6) is 5.88 Å². The number of guanidine groups is 1. The lowest BCUT2D eigenvalue weighted by Crippen LogP contribution is -2.42. The van der Waals surface area contributed by atoms with Crippen LogP contribution in [-0.4, -0.2) is 68.6 Å². The number of nitrogens with zero attached hydrogens (tertiary/aromatic N) is 3. The standard InChI is InChI=1S/C16H24N4O3S/c1-17-16(19-10-13-6-9-24(21,22)12-13)20-8-5-14(11-20)23-15-4-2-3-7-18-15/h2-4,7,13-14H,5-6,8-12H2,1H3,(H,17,19). The summed E-state index contributed by atoms with van der Waals surface area (Å²) in [6, 6.07) is 5.63. The first-order valence-electron chi connectivity index (χ1n) is 8.29. The van der Waals surface area contributed by atoms with Crippen LogP contribution in [0, 0.1) is 5.92 Å². The van der Waals surface area contributed by atoms with E-state index in [9.17, 15) is 8.42 Å². The molecule has 2 unspecified atom stereocenters. The van der Waals surface area contributed by atoms with E-state index < -0.39 is 9.84 Å². The summed E-state index contributed by atoms with van der Waals surface area (Å²) in [7, 11) is -1.08. The van der Waals surface area contributed by atoms with E-state index in [1.165, 1.54) is 0 Å². The first-order chi connectivity index (χ1) is 11.6. The molecule has 1 aromatic heterocycles. The fraction of sp³-hybridized carbons (Fsp3) is 0.625. The van der Waals surface area contributed by atoms with Crippen LogP contribution in [0.4, 0.5) is 0 Å². The van der Waals surface area contributed by atoms with Gasteiger partial charge in [0.25, 0.3) is 0 Å². The van der Waals surface area contributed by atoms with Crippen LogP contribution in [-0.2, 0) is 9.84 Å². The van der Waals surface area contributed by atoms with Crippen molar-refractivity contribution >= 4 is 15.8 Å². The third-order valence-electron chi connectivity index (χ3n) is 4.46. The molecule has 8 heteroatoms. The molecule has 2 aliphatic rings. The fourth-order valence-corrected chi connectivity index (χ4v) is 5.07. The summed E-state index contributed by atoms with van der Waals surface area (Å²) >= 11 is 0. The van der Waals surface area contributed by atoms with Crippen molar-refractivity contribution < 1.29 is 13.2 Å². The predicted octanol–water partition coefficient (Wildman–Crippen LogP) is 0.545. The van der Waals surface area contributed by atoms with E-state index in [4.69, 9.17) is 4.74 Å². The van der Waals surface area contributed by atoms with Crippen molar-refractivity contribution in [1.29, 1.82) is 0 Å². The molecule has 0 amide bonds. The fourth-order valence-electron chi connectivity index (χ4n) is 3.21. The summed E-state index contributed by atoms with van der Waals surface area (Å²) in [6.07, 6.45) is 3.45. The number of sulfone groups is 1. The smallest absolute Gasteiger partial charge is 0.213 e. The highest BCUT2D eigenvalue weighted by atomic mass is 32.2. The summed E-state index contributed by atoms with van der Waals surface area (Å²) < 4.78 is 29.0. The average Bonchev–Trinajstić information content (AvgIpc) is 3.16. The van der Waals surface area contributed by atoms with Crippen molar-refractivity contribution in [2.24, 2.45) is 10.9 Å². The number of rotatable bonds is 4. The van der Waals surface area contributed by atoms with Crippen LogP contribution >= 0.6 is 0 Å². The monoisotopic (exact) mass is 352 g/mol. The van der Waals surface area contributed by atoms with E-state index in [1.807, 2.05) is 18.2 Å². The molecule has 1 N–H and O–H groups in total. The number of hydrogen-bond donors (Lipinski definition) is 1. The summed E-state index contributed by atoms with van der Waals surface area (Å²) in [5, 5.41) is 3.32. The minimum Gasteiger partial charge on any atom is -0.472 e. The van der Waals surface area contributed by atoms with Gasteiger partial charge in [-0.3, -0.25) is 4.99 Å². The number of hydrogen-bond acceptors (Lipinski definition) is 5. The molecular weight excluding hydrogens is 328 g/mol. The molecule has 2 fully saturated rings. The van der Waals surface area contributed by atoms with E-state index in [1.54, 1.807) is 13.2 Å². The van der Waals surface area contributed by atoms with Crippen molar-refractivity contribution in [2.75, 3.05) is 38.2 Å². The molecule has 2 atom stereocenters. The van der Waals surface area contributed by atoms with E-state index in [-0.39, 0.29) is 17.8 Å². The van der Waals surface area contributed by atoms with Crippen molar-refractivity contribution in [3.05, 3.63) is 24.4 Å². The Morgan fingerprint density at radius 3 is 3.00 bits per heavy atom. The van der Waals surface area contributed by atoms with Crippen molar-refractivity contribution in [2.45, 2.75) is 18.9 Å². The average molecular weight is 352 g/mol. The summed E-state index contributed by atoms with van der Waals surface area (Å²) in [4.78, 5) is 10.7. The number of aromatic nitrogens is 1. The topological polar surface area (TPSA) is 83.9 Å². The lowest BCUT2D eigenvalue weighted by molar-refractivity contribution is 0.205. The van der Waals surface area contributed by atoms with Gasteiger partial charge < -0.3 is 15.0 Å². The van der Waals surface area contributed by atoms with E-state index in [0.29, 0.717) is 18.2 Å². The van der Waals surface area contributed by atoms with Gasteiger partial charge in [0.1, 0.15) is 6.10 Å². The molecule has 7 nitrogen and oxygen atoms in total. The van der Waals surface area contributed by atoms with Gasteiger partial charge in [-0.15, -0.1) is 0 Å². The van der Waals surface area contributed by atoms with Crippen molar-refractivity contribution in [3.8, 4) is 5.88 Å². The van der Waals surface area contributed by atoms with Crippen LogP contribution in [0.25, 0.3) is 0 Å². The largest absolute Gasteiger partial charge is 0.472 e. The second-order valence-electron chi connectivity index (χ2n) is 6.34. The van der Waals surface area contributed by atoms with Gasteiger partial charge in [-0.05, 0) is 18.4 Å². The highest BCUT2D eigenvalue weighted by Crippen LogP contribution is 2.19. The maximum atomic E-state index is 11.5. The number of likely N-dealkylation sites (tertiary alicyclic amines) is 1. The zero-order valence-corrected chi connectivity index (χ0v) is 14.7. The molecule has 0 aliphatic carbocycles. The lowest BCUT2D eigenvalue weighted by Gasteiger charge is -2.22. The first-order valence-corrected chi connectivity index (χ1v) is 10.1. The van der Waals surface area contributed by atoms with Gasteiger partial charge in [-0.2, -0.15) is 0 Å². The second-order valence-corrected chi connectivity index (χ2v) is 8.57. The van der Waals surface area contributed by atoms with Gasteiger partial charge in [-0.1, -0.05) is 6.07 Å². The van der Waals surface area contributed by atoms with Gasteiger partial charge in [0, 0.05) is 38.8 Å². The molecule has 24 heavy (non-hydrogen) atoms. The van der Waals surface area contributed by atoms with E-state index in [2.05, 4.69) is 20.2 Å². The third-order valence-corrected chi connectivity index (χ3v) is 6.29. The highest BCUT2D eigenvalue weighted by molar-refractivity contribution is 7.91. The SMILES string of the molecule is CN=C(NCC1CCS(=O)(=O)C1)N1CCC(Oc2ccccn2)C1. The summed E-state index contributed by atoms with van der Waals surface area (Å²) in [5.74, 6) is 2.22. The normalized spacial score (nSPS) is 26.5. The molecule has 2 saturated heterocycles. The molecular formula is C16H24N4O3S. The zero-order valence-electron chi connectivity index (χ0n) is 13.9. The Hall–Kier alpha value is -1.83. The lowest BCUT2D eigenvalue weighted by atomic mass is 10.1. The van der Waals surface area contributed by atoms with Crippen molar-refractivity contribution in [3.63, 3.8) is 0 Å². The van der Waals surface area contributed by atoms with E-state index in [0.717, 1.165) is 31.9 Å². The predicted molar refractivity (Wildman–Crippen MR) is 93.0 cm³/mol. The first kappa shape index (κ1) is 17.0. The molecule has 2 aliphatic heterocycles. The quantitative estimate of drug-likeness (QED) is 0.629. The molecule has 0 spiro atoms. The number of nitrogens with one attached hydrogen (secondary N) is 1. The van der Waals surface area contributed by atoms with Gasteiger partial charge in [0.05, 0.1) is 18.1 Å². The Kier molecular flexibility index (Phi) is 5.23. The van der Waals surface area contributed by atoms with Gasteiger partial charge >= 0.3 is 0 Å². The number of ether oxygens (including phenoxy) is 1. The summed E-state index contributed by atoms with van der Waals surface area (Å²) in [5.41, 5.74) is 0.